The van der Waals surface area contributed by atoms with Crippen molar-refractivity contribution in [2.75, 3.05) is 20.6 Å². The predicted octanol–water partition coefficient (Wildman–Crippen LogP) is 5.60. The molecule has 2 heterocycles. The molecule has 3 amide bonds. The minimum Gasteiger partial charge on any atom is -0.455 e. The van der Waals surface area contributed by atoms with E-state index in [1.54, 1.807) is 29.7 Å². The number of hydroxylamine groups is 1. The molecule has 7 atom stereocenters. The van der Waals surface area contributed by atoms with Gasteiger partial charge in [0.1, 0.15) is 10.7 Å². The molecule has 0 radical (unpaired) electrons. The molecule has 1 aliphatic heterocycles. The maximum atomic E-state index is 14.2. The highest BCUT2D eigenvalue weighted by Gasteiger charge is 2.37. The van der Waals surface area contributed by atoms with Gasteiger partial charge in [-0.05, 0) is 56.7 Å². The summed E-state index contributed by atoms with van der Waals surface area (Å²) in [5.41, 5.74) is 2.79. The lowest BCUT2D eigenvalue weighted by Crippen LogP contribution is -2.48. The van der Waals surface area contributed by atoms with Crippen LogP contribution >= 0.6 is 11.3 Å². The molecule has 1 aromatic carbocycles. The number of rotatable bonds is 19. The minimum absolute atomic E-state index is 0.00312. The number of amides is 3. The molecule has 3 rings (SSSR count). The molecule has 0 spiro atoms. The van der Waals surface area contributed by atoms with Gasteiger partial charge in [-0.2, -0.15) is 0 Å². The van der Waals surface area contributed by atoms with Gasteiger partial charge in [0.2, 0.25) is 11.8 Å². The van der Waals surface area contributed by atoms with Crippen LogP contribution in [0.2, 0.25) is 0 Å². The molecule has 1 fully saturated rings. The number of ketones is 1. The Bertz CT molecular complexity index is 1480. The van der Waals surface area contributed by atoms with Crippen molar-refractivity contribution in [3.05, 3.63) is 52.0 Å². The molecule has 0 bridgehead atoms. The molecule has 13 heteroatoms. The maximum Gasteiger partial charge on any atom is 0.303 e. The van der Waals surface area contributed by atoms with E-state index < -0.39 is 41.8 Å². The van der Waals surface area contributed by atoms with E-state index in [0.29, 0.717) is 11.4 Å². The summed E-state index contributed by atoms with van der Waals surface area (Å²) in [5, 5.41) is 14.2. The second kappa shape index (κ2) is 20.5. The number of aromatic nitrogens is 1. The number of Topliss-reactive ketones (excluding diaryl/α,β-unsaturated/α-hetero) is 1. The third-order valence-corrected chi connectivity index (χ3v) is 11.4. The number of thiazole rings is 1. The first kappa shape index (κ1) is 42.7. The van der Waals surface area contributed by atoms with E-state index >= 15 is 0 Å². The minimum atomic E-state index is -0.820. The fourth-order valence-electron chi connectivity index (χ4n) is 7.11. The average molecular weight is 742 g/mol. The highest BCUT2D eigenvalue weighted by atomic mass is 32.1. The molecule has 12 nitrogen and oxygen atoms in total. The molecule has 2 aromatic rings. The van der Waals surface area contributed by atoms with Gasteiger partial charge in [0, 0.05) is 56.1 Å². The van der Waals surface area contributed by atoms with E-state index in [9.17, 15) is 24.0 Å². The smallest absolute Gasteiger partial charge is 0.303 e. The number of ether oxygens (including phenoxy) is 1. The second-order valence-corrected chi connectivity index (χ2v) is 15.7. The lowest BCUT2D eigenvalue weighted by Gasteiger charge is -2.37. The first-order valence-electron chi connectivity index (χ1n) is 18.6. The van der Waals surface area contributed by atoms with Crippen LogP contribution in [0, 0.1) is 23.7 Å². The summed E-state index contributed by atoms with van der Waals surface area (Å²) in [4.78, 5) is 74.2. The fourth-order valence-corrected chi connectivity index (χ4v) is 7.95. The molecule has 0 saturated carbocycles. The standard InChI is InChI=1S/C39H59N5O7S/c1-9-25(4)30(21-34(46)32-17-13-14-18-43(32)7)39(49)44(8)33(24(2)3)22-35(51-27(6)45)38-41-31(23-52-38)37(48)40-29(19-26(5)36(47)42-50)20-28-15-11-10-12-16-28/h10-12,15-16,23-26,29-30,32-33,35,50H,9,13-14,17-22H2,1-8H3,(H,40,48)(H,42,47)/t25-,26-,29+,30-,32+,33+,35+/m0/s1. The summed E-state index contributed by atoms with van der Waals surface area (Å²) < 4.78 is 5.79. The zero-order valence-electron chi connectivity index (χ0n) is 32.1. The zero-order valence-corrected chi connectivity index (χ0v) is 32.9. The highest BCUT2D eigenvalue weighted by molar-refractivity contribution is 7.09. The van der Waals surface area contributed by atoms with E-state index in [1.165, 1.54) is 18.3 Å². The number of likely N-dealkylation sites (tertiary alicyclic amines) is 1. The van der Waals surface area contributed by atoms with Crippen molar-refractivity contribution in [3.8, 4) is 0 Å². The van der Waals surface area contributed by atoms with Gasteiger partial charge in [-0.15, -0.1) is 11.3 Å². The van der Waals surface area contributed by atoms with Gasteiger partial charge in [0.05, 0.1) is 6.04 Å². The van der Waals surface area contributed by atoms with Gasteiger partial charge in [0.25, 0.3) is 5.91 Å². The van der Waals surface area contributed by atoms with Crippen LogP contribution in [0.5, 0.6) is 0 Å². The summed E-state index contributed by atoms with van der Waals surface area (Å²) in [6, 6.07) is 8.61. The Morgan fingerprint density at radius 2 is 1.77 bits per heavy atom. The number of carbonyl (C=O) groups is 5. The molecular weight excluding hydrogens is 683 g/mol. The van der Waals surface area contributed by atoms with Crippen molar-refractivity contribution in [3.63, 3.8) is 0 Å². The van der Waals surface area contributed by atoms with Crippen LogP contribution in [0.25, 0.3) is 0 Å². The topological polar surface area (TPSA) is 158 Å². The molecule has 1 saturated heterocycles. The van der Waals surface area contributed by atoms with E-state index in [0.717, 1.165) is 37.8 Å². The summed E-state index contributed by atoms with van der Waals surface area (Å²) in [5.74, 6) is -2.57. The fraction of sp³-hybridized carbons (Fsp3) is 0.641. The van der Waals surface area contributed by atoms with Crippen LogP contribution in [-0.2, 0) is 30.3 Å². The van der Waals surface area contributed by atoms with Crippen molar-refractivity contribution in [1.82, 2.24) is 25.6 Å². The molecule has 0 aliphatic carbocycles. The summed E-state index contributed by atoms with van der Waals surface area (Å²) in [6.07, 6.45) is 4.00. The molecular formula is C39H59N5O7S. The van der Waals surface area contributed by atoms with Crippen molar-refractivity contribution >= 4 is 40.8 Å². The number of esters is 1. The highest BCUT2D eigenvalue weighted by Crippen LogP contribution is 2.33. The van der Waals surface area contributed by atoms with Crippen LogP contribution < -0.4 is 10.8 Å². The number of benzene rings is 1. The first-order chi connectivity index (χ1) is 24.7. The van der Waals surface area contributed by atoms with Crippen LogP contribution in [0.1, 0.15) is 114 Å². The summed E-state index contributed by atoms with van der Waals surface area (Å²) in [6.45, 7) is 11.9. The third-order valence-electron chi connectivity index (χ3n) is 10.5. The van der Waals surface area contributed by atoms with E-state index in [4.69, 9.17) is 9.94 Å². The van der Waals surface area contributed by atoms with Crippen LogP contribution in [0.3, 0.4) is 0 Å². The number of likely N-dealkylation sites (N-methyl/N-ethyl adjacent to an activating group) is 1. The molecule has 1 aromatic heterocycles. The Labute approximate surface area is 313 Å². The first-order valence-corrected chi connectivity index (χ1v) is 19.5. The van der Waals surface area contributed by atoms with Gasteiger partial charge >= 0.3 is 5.97 Å². The third kappa shape index (κ3) is 12.2. The zero-order chi connectivity index (χ0) is 38.5. The molecule has 288 valence electrons. The molecule has 1 aliphatic rings. The van der Waals surface area contributed by atoms with Gasteiger partial charge in [-0.3, -0.25) is 34.1 Å². The Morgan fingerprint density at radius 3 is 2.37 bits per heavy atom. The average Bonchev–Trinajstić information content (AvgIpc) is 3.62. The van der Waals surface area contributed by atoms with E-state index in [-0.39, 0.29) is 60.6 Å². The van der Waals surface area contributed by atoms with Crippen molar-refractivity contribution in [2.45, 2.75) is 117 Å². The Kier molecular flexibility index (Phi) is 16.9. The van der Waals surface area contributed by atoms with Crippen molar-refractivity contribution in [2.24, 2.45) is 23.7 Å². The van der Waals surface area contributed by atoms with Gasteiger partial charge < -0.3 is 15.0 Å². The predicted molar refractivity (Wildman–Crippen MR) is 201 cm³/mol. The lowest BCUT2D eigenvalue weighted by molar-refractivity contribution is -0.149. The number of nitrogens with one attached hydrogen (secondary N) is 2. The number of nitrogens with zero attached hydrogens (tertiary/aromatic N) is 3. The Balaban J connectivity index is 1.81. The Hall–Kier alpha value is -3.68. The van der Waals surface area contributed by atoms with Crippen LogP contribution in [0.4, 0.5) is 0 Å². The van der Waals surface area contributed by atoms with Gasteiger partial charge in [0.15, 0.2) is 11.9 Å². The molecule has 0 unspecified atom stereocenters. The second-order valence-electron chi connectivity index (χ2n) is 14.8. The van der Waals surface area contributed by atoms with E-state index in [1.807, 2.05) is 65.1 Å². The van der Waals surface area contributed by atoms with Crippen molar-refractivity contribution in [1.29, 1.82) is 0 Å². The van der Waals surface area contributed by atoms with Gasteiger partial charge in [-0.25, -0.2) is 10.5 Å². The molecule has 3 N–H and O–H groups in total. The monoisotopic (exact) mass is 741 g/mol. The van der Waals surface area contributed by atoms with Gasteiger partial charge in [-0.1, -0.05) is 77.8 Å². The maximum absolute atomic E-state index is 14.2. The lowest BCUT2D eigenvalue weighted by atomic mass is 9.83. The van der Waals surface area contributed by atoms with Crippen LogP contribution in [0.15, 0.2) is 35.7 Å². The number of hydrogen-bond donors (Lipinski definition) is 3. The quantitative estimate of drug-likeness (QED) is 0.0947. The molecule has 52 heavy (non-hydrogen) atoms. The number of carbonyl (C=O) groups excluding carboxylic acids is 5. The number of hydrogen-bond acceptors (Lipinski definition) is 10. The van der Waals surface area contributed by atoms with Crippen molar-refractivity contribution < 1.29 is 33.9 Å². The Morgan fingerprint density at radius 1 is 1.08 bits per heavy atom. The normalized spacial score (nSPS) is 18.4. The summed E-state index contributed by atoms with van der Waals surface area (Å²) >= 11 is 1.20. The van der Waals surface area contributed by atoms with E-state index in [2.05, 4.69) is 15.2 Å². The largest absolute Gasteiger partial charge is 0.455 e. The SMILES string of the molecule is CC[C@H](C)[C@H](CC(=O)[C@H]1CCCCN1C)C(=O)N(C)[C@H](C[C@@H](OC(C)=O)c1nc(C(=O)N[C@@H](Cc2ccccc2)C[C@H](C)C(=O)NO)cs1)C(C)C. The summed E-state index contributed by atoms with van der Waals surface area (Å²) in [7, 11) is 3.74. The number of piperidine rings is 1. The van der Waals surface area contributed by atoms with Crippen LogP contribution in [-0.4, -0.2) is 88.2 Å².